The van der Waals surface area contributed by atoms with Gasteiger partial charge in [0.1, 0.15) is 5.54 Å². The summed E-state index contributed by atoms with van der Waals surface area (Å²) in [6.45, 7) is 3.42. The van der Waals surface area contributed by atoms with E-state index in [2.05, 4.69) is 21.2 Å². The van der Waals surface area contributed by atoms with Gasteiger partial charge in [-0.25, -0.2) is 4.39 Å². The Kier molecular flexibility index (Phi) is 7.41. The molecule has 0 radical (unpaired) electrons. The van der Waals surface area contributed by atoms with Crippen molar-refractivity contribution < 1.29 is 13.9 Å². The lowest BCUT2D eigenvalue weighted by Gasteiger charge is -2.26. The van der Waals surface area contributed by atoms with Gasteiger partial charge in [-0.3, -0.25) is 4.79 Å². The lowest BCUT2D eigenvalue weighted by atomic mass is 9.91. The van der Waals surface area contributed by atoms with Crippen LogP contribution in [0.15, 0.2) is 46.9 Å². The minimum absolute atomic E-state index is 0. The van der Waals surface area contributed by atoms with Gasteiger partial charge in [0.05, 0.1) is 13.2 Å². The van der Waals surface area contributed by atoms with Crippen molar-refractivity contribution >= 4 is 34.2 Å². The molecule has 0 aliphatic carbocycles. The largest absolute Gasteiger partial charge is 0.494 e. The van der Waals surface area contributed by atoms with Crippen molar-refractivity contribution in [3.8, 4) is 5.75 Å². The summed E-state index contributed by atoms with van der Waals surface area (Å²) in [5.41, 5.74) is 6.34. The van der Waals surface area contributed by atoms with Crippen molar-refractivity contribution in [2.24, 2.45) is 5.73 Å². The highest BCUT2D eigenvalue weighted by Crippen LogP contribution is 2.24. The van der Waals surface area contributed by atoms with Gasteiger partial charge in [-0.1, -0.05) is 34.1 Å². The third-order valence-corrected chi connectivity index (χ3v) is 4.47. The van der Waals surface area contributed by atoms with E-state index in [-0.39, 0.29) is 24.1 Å². The van der Waals surface area contributed by atoms with Crippen LogP contribution in [-0.4, -0.2) is 13.0 Å². The first-order valence-electron chi connectivity index (χ1n) is 7.45. The SMILES string of the molecule is COc1ccc(C(C)NC(=O)C(C)(N)c2ccc(Br)cc2)cc1F.Cl. The number of halogens is 3. The van der Waals surface area contributed by atoms with Crippen molar-refractivity contribution in [2.45, 2.75) is 25.4 Å². The van der Waals surface area contributed by atoms with E-state index in [1.165, 1.54) is 19.2 Å². The molecule has 0 aliphatic heterocycles. The zero-order chi connectivity index (χ0) is 17.9. The number of carbonyl (C=O) groups excluding carboxylic acids is 1. The summed E-state index contributed by atoms with van der Waals surface area (Å²) in [7, 11) is 1.40. The summed E-state index contributed by atoms with van der Waals surface area (Å²) >= 11 is 3.35. The monoisotopic (exact) mass is 430 g/mol. The Bertz CT molecular complexity index is 738. The Morgan fingerprint density at radius 3 is 2.40 bits per heavy atom. The fourth-order valence-corrected chi connectivity index (χ4v) is 2.57. The molecule has 25 heavy (non-hydrogen) atoms. The first-order valence-corrected chi connectivity index (χ1v) is 8.24. The van der Waals surface area contributed by atoms with Crippen molar-refractivity contribution in [3.63, 3.8) is 0 Å². The Labute approximate surface area is 161 Å². The van der Waals surface area contributed by atoms with E-state index in [9.17, 15) is 9.18 Å². The topological polar surface area (TPSA) is 64.3 Å². The summed E-state index contributed by atoms with van der Waals surface area (Å²) in [6.07, 6.45) is 0. The smallest absolute Gasteiger partial charge is 0.244 e. The summed E-state index contributed by atoms with van der Waals surface area (Å²) < 4.78 is 19.6. The number of ether oxygens (including phenoxy) is 1. The number of nitrogens with two attached hydrogens (primary N) is 1. The van der Waals surface area contributed by atoms with E-state index in [1.807, 2.05) is 12.1 Å². The molecule has 2 atom stereocenters. The van der Waals surface area contributed by atoms with E-state index in [0.717, 1.165) is 4.47 Å². The molecule has 0 aliphatic rings. The van der Waals surface area contributed by atoms with Gasteiger partial charge < -0.3 is 15.8 Å². The standard InChI is InChI=1S/C18H20BrFN2O2.ClH/c1-11(12-4-9-16(24-3)15(20)10-12)22-17(23)18(2,21)13-5-7-14(19)8-6-13;/h4-11H,21H2,1-3H3,(H,22,23);1H. The second-order valence-electron chi connectivity index (χ2n) is 5.80. The second kappa shape index (κ2) is 8.65. The predicted molar refractivity (Wildman–Crippen MR) is 102 cm³/mol. The molecule has 0 bridgehead atoms. The molecule has 0 saturated heterocycles. The zero-order valence-electron chi connectivity index (χ0n) is 14.2. The summed E-state index contributed by atoms with van der Waals surface area (Å²) in [4.78, 5) is 12.6. The minimum atomic E-state index is -1.19. The van der Waals surface area contributed by atoms with Gasteiger partial charge in [0, 0.05) is 4.47 Å². The Morgan fingerprint density at radius 1 is 1.28 bits per heavy atom. The molecule has 0 spiro atoms. The minimum Gasteiger partial charge on any atom is -0.494 e. The second-order valence-corrected chi connectivity index (χ2v) is 6.71. The molecule has 2 rings (SSSR count). The first kappa shape index (κ1) is 21.4. The fourth-order valence-electron chi connectivity index (χ4n) is 2.31. The van der Waals surface area contributed by atoms with E-state index in [4.69, 9.17) is 10.5 Å². The highest BCUT2D eigenvalue weighted by Gasteiger charge is 2.31. The highest BCUT2D eigenvalue weighted by atomic mass is 79.9. The molecule has 136 valence electrons. The van der Waals surface area contributed by atoms with Crippen molar-refractivity contribution in [2.75, 3.05) is 7.11 Å². The Balaban J connectivity index is 0.00000312. The van der Waals surface area contributed by atoms with Gasteiger partial charge in [0.15, 0.2) is 11.6 Å². The van der Waals surface area contributed by atoms with Crippen LogP contribution in [0, 0.1) is 5.82 Å². The molecule has 2 unspecified atom stereocenters. The third-order valence-electron chi connectivity index (χ3n) is 3.94. The van der Waals surface area contributed by atoms with Crippen LogP contribution in [-0.2, 0) is 10.3 Å². The van der Waals surface area contributed by atoms with Crippen molar-refractivity contribution in [1.82, 2.24) is 5.32 Å². The third kappa shape index (κ3) is 4.93. The van der Waals surface area contributed by atoms with E-state index in [1.54, 1.807) is 32.0 Å². The molecule has 0 heterocycles. The average Bonchev–Trinajstić information content (AvgIpc) is 2.55. The van der Waals surface area contributed by atoms with Crippen LogP contribution >= 0.6 is 28.3 Å². The molecular formula is C18H21BrClFN2O2. The van der Waals surface area contributed by atoms with Crippen LogP contribution in [0.5, 0.6) is 5.75 Å². The molecule has 0 fully saturated rings. The van der Waals surface area contributed by atoms with Crippen LogP contribution in [0.1, 0.15) is 31.0 Å². The van der Waals surface area contributed by atoms with Gasteiger partial charge in [0.2, 0.25) is 5.91 Å². The lowest BCUT2D eigenvalue weighted by Crippen LogP contribution is -2.49. The number of carbonyl (C=O) groups is 1. The maximum absolute atomic E-state index is 13.8. The van der Waals surface area contributed by atoms with Gasteiger partial charge >= 0.3 is 0 Å². The van der Waals surface area contributed by atoms with Crippen LogP contribution < -0.4 is 15.8 Å². The van der Waals surface area contributed by atoms with Crippen molar-refractivity contribution in [1.29, 1.82) is 0 Å². The van der Waals surface area contributed by atoms with Gasteiger partial charge in [-0.2, -0.15) is 0 Å². The Hall–Kier alpha value is -1.63. The number of hydrogen-bond acceptors (Lipinski definition) is 3. The fraction of sp³-hybridized carbons (Fsp3) is 0.278. The Morgan fingerprint density at radius 2 is 1.88 bits per heavy atom. The van der Waals surface area contributed by atoms with Gasteiger partial charge in [-0.05, 0) is 49.2 Å². The molecule has 7 heteroatoms. The molecular weight excluding hydrogens is 411 g/mol. The van der Waals surface area contributed by atoms with Gasteiger partial charge in [0.25, 0.3) is 0 Å². The number of rotatable bonds is 5. The first-order chi connectivity index (χ1) is 11.3. The molecule has 2 aromatic carbocycles. The molecule has 4 nitrogen and oxygen atoms in total. The van der Waals surface area contributed by atoms with E-state index in [0.29, 0.717) is 11.1 Å². The van der Waals surface area contributed by atoms with Crippen LogP contribution in [0.2, 0.25) is 0 Å². The number of methoxy groups -OCH3 is 1. The highest BCUT2D eigenvalue weighted by molar-refractivity contribution is 9.10. The van der Waals surface area contributed by atoms with E-state index >= 15 is 0 Å². The van der Waals surface area contributed by atoms with Crippen LogP contribution in [0.3, 0.4) is 0 Å². The summed E-state index contributed by atoms with van der Waals surface area (Å²) in [6, 6.07) is 11.4. The number of amides is 1. The molecule has 0 aromatic heterocycles. The van der Waals surface area contributed by atoms with Gasteiger partial charge in [-0.15, -0.1) is 12.4 Å². The maximum Gasteiger partial charge on any atom is 0.244 e. The molecule has 1 amide bonds. The molecule has 3 N–H and O–H groups in total. The maximum atomic E-state index is 13.8. The normalized spacial score (nSPS) is 14.0. The zero-order valence-corrected chi connectivity index (χ0v) is 16.6. The van der Waals surface area contributed by atoms with Crippen LogP contribution in [0.25, 0.3) is 0 Å². The summed E-state index contributed by atoms with van der Waals surface area (Å²) in [5.74, 6) is -0.649. The molecule has 2 aromatic rings. The summed E-state index contributed by atoms with van der Waals surface area (Å²) in [5, 5.41) is 2.83. The average molecular weight is 432 g/mol. The number of benzene rings is 2. The van der Waals surface area contributed by atoms with Crippen molar-refractivity contribution in [3.05, 3.63) is 63.9 Å². The van der Waals surface area contributed by atoms with E-state index < -0.39 is 17.4 Å². The quantitative estimate of drug-likeness (QED) is 0.750. The number of hydrogen-bond donors (Lipinski definition) is 2. The molecule has 0 saturated carbocycles. The number of nitrogens with one attached hydrogen (secondary N) is 1. The lowest BCUT2D eigenvalue weighted by molar-refractivity contribution is -0.126. The predicted octanol–water partition coefficient (Wildman–Crippen LogP) is 4.07. The van der Waals surface area contributed by atoms with Crippen LogP contribution in [0.4, 0.5) is 4.39 Å².